The highest BCUT2D eigenvalue weighted by Gasteiger charge is 2.11. The van der Waals surface area contributed by atoms with E-state index in [1.54, 1.807) is 18.2 Å². The van der Waals surface area contributed by atoms with Crippen LogP contribution in [0.1, 0.15) is 5.56 Å². The minimum atomic E-state index is -2.91. The minimum absolute atomic E-state index is 0.0140. The molecule has 112 valence electrons. The number of halogens is 4. The lowest BCUT2D eigenvalue weighted by atomic mass is 10.2. The molecule has 0 unspecified atom stereocenters. The molecule has 0 spiro atoms. The summed E-state index contributed by atoms with van der Waals surface area (Å²) in [6.45, 7) is -2.77. The van der Waals surface area contributed by atoms with Crippen LogP contribution >= 0.6 is 23.2 Å². The van der Waals surface area contributed by atoms with Crippen LogP contribution in [0.2, 0.25) is 10.0 Å². The van der Waals surface area contributed by atoms with Gasteiger partial charge in [0.1, 0.15) is 11.5 Å². The molecule has 0 aromatic heterocycles. The summed E-state index contributed by atoms with van der Waals surface area (Å²) >= 11 is 11.7. The monoisotopic (exact) mass is 333 g/mol. The van der Waals surface area contributed by atoms with E-state index in [0.29, 0.717) is 16.3 Å². The fourth-order valence-electron chi connectivity index (χ4n) is 1.76. The van der Waals surface area contributed by atoms with E-state index in [2.05, 4.69) is 10.1 Å². The van der Waals surface area contributed by atoms with E-state index in [0.717, 1.165) is 0 Å². The zero-order valence-corrected chi connectivity index (χ0v) is 12.1. The Morgan fingerprint density at radius 2 is 1.90 bits per heavy atom. The van der Waals surface area contributed by atoms with Gasteiger partial charge in [-0.1, -0.05) is 35.3 Å². The molecular weight excluding hydrogens is 323 g/mol. The zero-order chi connectivity index (χ0) is 15.4. The number of aromatic hydroxyl groups is 1. The number of para-hydroxylation sites is 2. The SMILES string of the molecule is Oc1c(Cl)cc(Cl)cc1CNc1ccccc1OC(F)F. The highest BCUT2D eigenvalue weighted by molar-refractivity contribution is 6.35. The van der Waals surface area contributed by atoms with Gasteiger partial charge in [-0.25, -0.2) is 0 Å². The number of hydrogen-bond donors (Lipinski definition) is 2. The number of nitrogens with one attached hydrogen (secondary N) is 1. The molecule has 0 atom stereocenters. The molecule has 0 fully saturated rings. The third kappa shape index (κ3) is 4.12. The van der Waals surface area contributed by atoms with Gasteiger partial charge >= 0.3 is 6.61 Å². The number of phenols is 1. The quantitative estimate of drug-likeness (QED) is 0.816. The van der Waals surface area contributed by atoms with Gasteiger partial charge in [-0.15, -0.1) is 0 Å². The molecule has 2 aromatic rings. The van der Waals surface area contributed by atoms with Crippen LogP contribution < -0.4 is 10.1 Å². The minimum Gasteiger partial charge on any atom is -0.506 e. The van der Waals surface area contributed by atoms with Gasteiger partial charge < -0.3 is 15.2 Å². The summed E-state index contributed by atoms with van der Waals surface area (Å²) in [5.74, 6) is -0.0964. The summed E-state index contributed by atoms with van der Waals surface area (Å²) < 4.78 is 29.0. The first-order valence-electron chi connectivity index (χ1n) is 5.92. The highest BCUT2D eigenvalue weighted by Crippen LogP contribution is 2.32. The summed E-state index contributed by atoms with van der Waals surface area (Å²) in [7, 11) is 0. The van der Waals surface area contributed by atoms with E-state index in [1.165, 1.54) is 18.2 Å². The maximum atomic E-state index is 12.3. The summed E-state index contributed by atoms with van der Waals surface area (Å²) in [5, 5.41) is 13.2. The van der Waals surface area contributed by atoms with Crippen molar-refractivity contribution in [3.8, 4) is 11.5 Å². The molecular formula is C14H11Cl2F2NO2. The molecule has 3 nitrogen and oxygen atoms in total. The van der Waals surface area contributed by atoms with Crippen molar-refractivity contribution in [1.82, 2.24) is 0 Å². The second-order valence-electron chi connectivity index (χ2n) is 4.12. The molecule has 2 rings (SSSR count). The van der Waals surface area contributed by atoms with Gasteiger partial charge in [0, 0.05) is 17.1 Å². The lowest BCUT2D eigenvalue weighted by Gasteiger charge is -2.13. The van der Waals surface area contributed by atoms with Crippen LogP contribution in [-0.4, -0.2) is 11.7 Å². The van der Waals surface area contributed by atoms with E-state index in [1.807, 2.05) is 0 Å². The van der Waals surface area contributed by atoms with Gasteiger partial charge in [0.05, 0.1) is 10.7 Å². The molecule has 0 aliphatic heterocycles. The predicted molar refractivity (Wildman–Crippen MR) is 78.5 cm³/mol. The maximum absolute atomic E-state index is 12.3. The largest absolute Gasteiger partial charge is 0.506 e. The Morgan fingerprint density at radius 1 is 1.19 bits per heavy atom. The predicted octanol–water partition coefficient (Wildman–Crippen LogP) is 4.91. The molecule has 0 saturated carbocycles. The van der Waals surface area contributed by atoms with Crippen molar-refractivity contribution < 1.29 is 18.6 Å². The van der Waals surface area contributed by atoms with Crippen LogP contribution in [0.25, 0.3) is 0 Å². The van der Waals surface area contributed by atoms with Gasteiger partial charge in [-0.05, 0) is 24.3 Å². The first kappa shape index (κ1) is 15.7. The standard InChI is InChI=1S/C14H11Cl2F2NO2/c15-9-5-8(13(20)10(16)6-9)7-19-11-3-1-2-4-12(11)21-14(17)18/h1-6,14,19-20H,7H2. The Kier molecular flexibility index (Phi) is 5.09. The number of hydrogen-bond acceptors (Lipinski definition) is 3. The summed E-state index contributed by atoms with van der Waals surface area (Å²) in [5.41, 5.74) is 0.813. The lowest BCUT2D eigenvalue weighted by molar-refractivity contribution is -0.0493. The molecule has 0 aliphatic carbocycles. The van der Waals surface area contributed by atoms with Crippen LogP contribution in [0, 0.1) is 0 Å². The van der Waals surface area contributed by atoms with E-state index in [-0.39, 0.29) is 23.1 Å². The van der Waals surface area contributed by atoms with Crippen LogP contribution in [0.5, 0.6) is 11.5 Å². The number of benzene rings is 2. The molecule has 7 heteroatoms. The molecule has 2 N–H and O–H groups in total. The molecule has 0 heterocycles. The van der Waals surface area contributed by atoms with Crippen molar-refractivity contribution >= 4 is 28.9 Å². The normalized spacial score (nSPS) is 10.7. The van der Waals surface area contributed by atoms with Gasteiger partial charge in [0.2, 0.25) is 0 Å². The van der Waals surface area contributed by atoms with Crippen molar-refractivity contribution in [2.45, 2.75) is 13.2 Å². The molecule has 2 aromatic carbocycles. The van der Waals surface area contributed by atoms with Crippen LogP contribution in [0.3, 0.4) is 0 Å². The van der Waals surface area contributed by atoms with Crippen molar-refractivity contribution in [1.29, 1.82) is 0 Å². The van der Waals surface area contributed by atoms with Crippen molar-refractivity contribution in [3.05, 3.63) is 52.0 Å². The second kappa shape index (κ2) is 6.83. The van der Waals surface area contributed by atoms with Crippen molar-refractivity contribution in [2.75, 3.05) is 5.32 Å². The Balaban J connectivity index is 2.17. The molecule has 0 aliphatic rings. The van der Waals surface area contributed by atoms with E-state index in [4.69, 9.17) is 23.2 Å². The number of phenolic OH excluding ortho intramolecular Hbond substituents is 1. The number of alkyl halides is 2. The van der Waals surface area contributed by atoms with Gasteiger partial charge in [0.25, 0.3) is 0 Å². The van der Waals surface area contributed by atoms with Crippen molar-refractivity contribution in [3.63, 3.8) is 0 Å². The average molecular weight is 334 g/mol. The first-order valence-corrected chi connectivity index (χ1v) is 6.67. The average Bonchev–Trinajstić information content (AvgIpc) is 2.42. The van der Waals surface area contributed by atoms with E-state index in [9.17, 15) is 13.9 Å². The van der Waals surface area contributed by atoms with Gasteiger partial charge in [0.15, 0.2) is 0 Å². The number of anilines is 1. The molecule has 0 saturated heterocycles. The van der Waals surface area contributed by atoms with E-state index >= 15 is 0 Å². The van der Waals surface area contributed by atoms with Crippen LogP contribution in [0.4, 0.5) is 14.5 Å². The fraction of sp³-hybridized carbons (Fsp3) is 0.143. The maximum Gasteiger partial charge on any atom is 0.387 e. The lowest BCUT2D eigenvalue weighted by Crippen LogP contribution is -2.06. The Morgan fingerprint density at radius 3 is 2.62 bits per heavy atom. The smallest absolute Gasteiger partial charge is 0.387 e. The topological polar surface area (TPSA) is 41.5 Å². The summed E-state index contributed by atoms with van der Waals surface area (Å²) in [6, 6.07) is 9.20. The van der Waals surface area contributed by atoms with Crippen molar-refractivity contribution in [2.24, 2.45) is 0 Å². The number of ether oxygens (including phenoxy) is 1. The number of rotatable bonds is 5. The Bertz CT molecular complexity index is 638. The van der Waals surface area contributed by atoms with Crippen LogP contribution in [0.15, 0.2) is 36.4 Å². The zero-order valence-electron chi connectivity index (χ0n) is 10.6. The Labute approximate surface area is 130 Å². The first-order chi connectivity index (χ1) is 9.97. The summed E-state index contributed by atoms with van der Waals surface area (Å²) in [4.78, 5) is 0. The van der Waals surface area contributed by atoms with Gasteiger partial charge in [-0.3, -0.25) is 0 Å². The Hall–Kier alpha value is -1.72. The van der Waals surface area contributed by atoms with Gasteiger partial charge in [-0.2, -0.15) is 8.78 Å². The third-order valence-electron chi connectivity index (χ3n) is 2.68. The molecule has 0 bridgehead atoms. The van der Waals surface area contributed by atoms with E-state index < -0.39 is 6.61 Å². The molecule has 0 radical (unpaired) electrons. The van der Waals surface area contributed by atoms with Crippen LogP contribution in [-0.2, 0) is 6.54 Å². The summed E-state index contributed by atoms with van der Waals surface area (Å²) in [6.07, 6.45) is 0. The second-order valence-corrected chi connectivity index (χ2v) is 4.97. The molecule has 0 amide bonds. The fourth-order valence-corrected chi connectivity index (χ4v) is 2.29. The molecule has 21 heavy (non-hydrogen) atoms. The highest BCUT2D eigenvalue weighted by atomic mass is 35.5. The third-order valence-corrected chi connectivity index (χ3v) is 3.19.